The van der Waals surface area contributed by atoms with Crippen LogP contribution in [0.4, 0.5) is 0 Å². The molecule has 0 spiro atoms. The first-order valence-electron chi connectivity index (χ1n) is 9.25. The lowest BCUT2D eigenvalue weighted by molar-refractivity contribution is -0.143. The van der Waals surface area contributed by atoms with Gasteiger partial charge in [0.25, 0.3) is 5.91 Å². The molecule has 3 rings (SSSR count). The number of rotatable bonds is 8. The van der Waals surface area contributed by atoms with Crippen molar-refractivity contribution in [3.63, 3.8) is 0 Å². The molecule has 1 N–H and O–H groups in total. The minimum Gasteiger partial charge on any atom is -0.493 e. The van der Waals surface area contributed by atoms with Gasteiger partial charge in [0.2, 0.25) is 5.88 Å². The van der Waals surface area contributed by atoms with Crippen LogP contribution < -0.4 is 10.6 Å². The molecule has 1 aliphatic rings. The number of nitrogens with zero attached hydrogens (tertiary/aromatic N) is 2. The molecule has 2 aromatic rings. The largest absolute Gasteiger partial charge is 0.493 e. The highest BCUT2D eigenvalue weighted by molar-refractivity contribution is 7.73. The molecule has 0 unspecified atom stereocenters. The summed E-state index contributed by atoms with van der Waals surface area (Å²) in [6.45, 7) is 4.62. The molecule has 0 fully saturated rings. The van der Waals surface area contributed by atoms with Gasteiger partial charge >= 0.3 is 5.97 Å². The number of benzene rings is 1. The second-order valence-electron chi connectivity index (χ2n) is 6.55. The van der Waals surface area contributed by atoms with Gasteiger partial charge in [-0.05, 0) is 44.5 Å². The van der Waals surface area contributed by atoms with E-state index in [1.807, 2.05) is 25.1 Å². The minimum atomic E-state index is -0.350. The molecular formula is C20H22N2O4S2. The smallest absolute Gasteiger partial charge is 0.305 e. The number of aromatic hydroxyl groups is 1. The van der Waals surface area contributed by atoms with E-state index >= 15 is 0 Å². The Bertz CT molecular complexity index is 1100. The Hall–Kier alpha value is -2.32. The lowest BCUT2D eigenvalue weighted by Crippen LogP contribution is -2.25. The molecule has 0 atom stereocenters. The maximum Gasteiger partial charge on any atom is 0.305 e. The van der Waals surface area contributed by atoms with Crippen LogP contribution >= 0.6 is 23.6 Å². The van der Waals surface area contributed by atoms with E-state index in [-0.39, 0.29) is 17.8 Å². The number of thiazole rings is 1. The quantitative estimate of drug-likeness (QED) is 0.405. The number of hydrogen-bond acceptors (Lipinski definition) is 6. The van der Waals surface area contributed by atoms with Crippen LogP contribution in [0.1, 0.15) is 43.0 Å². The highest BCUT2D eigenvalue weighted by Gasteiger charge is 2.25. The summed E-state index contributed by atoms with van der Waals surface area (Å²) in [7, 11) is 0. The SMILES string of the molecule is CCOC(=O)CCCCCn1c(O)c(C2=c3cccc(C)c3=NC2=O)sc1=S. The molecule has 2 heterocycles. The molecule has 0 saturated heterocycles. The third-order valence-electron chi connectivity index (χ3n) is 4.60. The molecule has 0 bridgehead atoms. The molecule has 28 heavy (non-hydrogen) atoms. The fourth-order valence-electron chi connectivity index (χ4n) is 3.21. The van der Waals surface area contributed by atoms with Gasteiger partial charge in [-0.25, -0.2) is 4.99 Å². The van der Waals surface area contributed by atoms with Crippen LogP contribution in [-0.2, 0) is 20.9 Å². The van der Waals surface area contributed by atoms with Crippen LogP contribution in [0.25, 0.3) is 5.57 Å². The Labute approximate surface area is 171 Å². The standard InChI is InChI=1S/C20H22N2O4S2/c1-3-26-14(23)10-5-4-6-11-22-19(25)17(28-20(22)27)15-13-9-7-8-12(2)16(13)21-18(15)24/h7-9,25H,3-6,10-11H2,1-2H3. The number of amides is 1. The Morgan fingerprint density at radius 3 is 2.86 bits per heavy atom. The van der Waals surface area contributed by atoms with Gasteiger partial charge < -0.3 is 9.84 Å². The Kier molecular flexibility index (Phi) is 6.41. The fourth-order valence-corrected chi connectivity index (χ4v) is 4.60. The van der Waals surface area contributed by atoms with Crippen molar-refractivity contribution in [2.75, 3.05) is 6.61 Å². The molecule has 1 aromatic heterocycles. The Morgan fingerprint density at radius 1 is 1.32 bits per heavy atom. The van der Waals surface area contributed by atoms with Gasteiger partial charge in [0.1, 0.15) is 4.88 Å². The number of ether oxygens (including phenoxy) is 1. The number of unbranched alkanes of at least 4 members (excludes halogenated alkanes) is 2. The number of hydrogen-bond donors (Lipinski definition) is 1. The van der Waals surface area contributed by atoms with E-state index < -0.39 is 0 Å². The first-order chi connectivity index (χ1) is 13.4. The molecule has 0 aliphatic carbocycles. The lowest BCUT2D eigenvalue weighted by Gasteiger charge is -2.06. The van der Waals surface area contributed by atoms with E-state index in [4.69, 9.17) is 17.0 Å². The predicted octanol–water partition coefficient (Wildman–Crippen LogP) is 2.78. The van der Waals surface area contributed by atoms with Crippen molar-refractivity contribution in [2.24, 2.45) is 4.99 Å². The summed E-state index contributed by atoms with van der Waals surface area (Å²) in [5.41, 5.74) is 1.33. The van der Waals surface area contributed by atoms with E-state index in [1.54, 1.807) is 11.5 Å². The van der Waals surface area contributed by atoms with Gasteiger partial charge in [0.05, 0.1) is 17.5 Å². The summed E-state index contributed by atoms with van der Waals surface area (Å²) >= 11 is 6.63. The molecule has 6 nitrogen and oxygen atoms in total. The molecular weight excluding hydrogens is 396 g/mol. The summed E-state index contributed by atoms with van der Waals surface area (Å²) < 4.78 is 7.07. The molecule has 1 aliphatic heterocycles. The molecule has 0 radical (unpaired) electrons. The van der Waals surface area contributed by atoms with Gasteiger partial charge in [-0.2, -0.15) is 0 Å². The third kappa shape index (κ3) is 4.07. The van der Waals surface area contributed by atoms with Gasteiger partial charge in [-0.3, -0.25) is 14.2 Å². The number of esters is 1. The van der Waals surface area contributed by atoms with Crippen LogP contribution in [0.3, 0.4) is 0 Å². The second kappa shape index (κ2) is 8.79. The average molecular weight is 419 g/mol. The topological polar surface area (TPSA) is 80.9 Å². The van der Waals surface area contributed by atoms with Crippen LogP contribution in [0.5, 0.6) is 5.88 Å². The van der Waals surface area contributed by atoms with E-state index in [1.165, 1.54) is 11.3 Å². The summed E-state index contributed by atoms with van der Waals surface area (Å²) in [6.07, 6.45) is 2.70. The zero-order valence-corrected chi connectivity index (χ0v) is 17.5. The number of aryl methyl sites for hydroxylation is 1. The van der Waals surface area contributed by atoms with Crippen molar-refractivity contribution in [3.8, 4) is 5.88 Å². The van der Waals surface area contributed by atoms with Crippen LogP contribution in [-0.4, -0.2) is 28.2 Å². The minimum absolute atomic E-state index is 0.00768. The zero-order chi connectivity index (χ0) is 20.3. The van der Waals surface area contributed by atoms with Crippen LogP contribution in [0, 0.1) is 10.9 Å². The van der Waals surface area contributed by atoms with Crippen molar-refractivity contribution < 1.29 is 19.4 Å². The first-order valence-corrected chi connectivity index (χ1v) is 10.5. The van der Waals surface area contributed by atoms with Gasteiger partial charge in [0.15, 0.2) is 3.95 Å². The highest BCUT2D eigenvalue weighted by atomic mass is 32.1. The van der Waals surface area contributed by atoms with E-state index in [0.717, 1.165) is 30.0 Å². The zero-order valence-electron chi connectivity index (χ0n) is 15.9. The summed E-state index contributed by atoms with van der Waals surface area (Å²) in [4.78, 5) is 28.4. The first kappa shape index (κ1) is 20.4. The third-order valence-corrected chi connectivity index (χ3v) is 6.05. The number of fused-ring (bicyclic) bond motifs is 1. The van der Waals surface area contributed by atoms with E-state index in [9.17, 15) is 14.7 Å². The summed E-state index contributed by atoms with van der Waals surface area (Å²) in [5, 5.41) is 12.1. The highest BCUT2D eigenvalue weighted by Crippen LogP contribution is 2.32. The monoisotopic (exact) mass is 418 g/mol. The number of carbonyl (C=O) groups excluding carboxylic acids is 2. The van der Waals surface area contributed by atoms with E-state index in [2.05, 4.69) is 4.99 Å². The fraction of sp³-hybridized carbons (Fsp3) is 0.400. The van der Waals surface area contributed by atoms with Crippen molar-refractivity contribution in [3.05, 3.63) is 43.2 Å². The molecule has 148 valence electrons. The summed E-state index contributed by atoms with van der Waals surface area (Å²) in [6, 6.07) is 5.62. The van der Waals surface area contributed by atoms with Crippen molar-refractivity contribution >= 4 is 41.0 Å². The average Bonchev–Trinajstić information content (AvgIpc) is 3.12. The van der Waals surface area contributed by atoms with Crippen LogP contribution in [0.15, 0.2) is 23.2 Å². The second-order valence-corrected chi connectivity index (χ2v) is 8.20. The summed E-state index contributed by atoms with van der Waals surface area (Å²) in [5.74, 6) is -0.528. The van der Waals surface area contributed by atoms with Crippen LogP contribution in [0.2, 0.25) is 0 Å². The molecule has 1 aromatic carbocycles. The van der Waals surface area contributed by atoms with Crippen molar-refractivity contribution in [1.29, 1.82) is 0 Å². The maximum atomic E-state index is 12.5. The van der Waals surface area contributed by atoms with Crippen molar-refractivity contribution in [2.45, 2.75) is 46.1 Å². The van der Waals surface area contributed by atoms with Gasteiger partial charge in [-0.15, -0.1) is 11.3 Å². The number of para-hydroxylation sites is 1. The van der Waals surface area contributed by atoms with E-state index in [0.29, 0.717) is 39.3 Å². The van der Waals surface area contributed by atoms with Crippen molar-refractivity contribution in [1.82, 2.24) is 4.57 Å². The maximum absolute atomic E-state index is 12.5. The number of carbonyl (C=O) groups is 2. The Balaban J connectivity index is 1.78. The Morgan fingerprint density at radius 2 is 2.11 bits per heavy atom. The normalized spacial score (nSPS) is 12.8. The predicted molar refractivity (Wildman–Crippen MR) is 109 cm³/mol. The van der Waals surface area contributed by atoms with Gasteiger partial charge in [0, 0.05) is 18.2 Å². The molecule has 1 amide bonds. The molecule has 0 saturated carbocycles. The lowest BCUT2D eigenvalue weighted by atomic mass is 10.1. The van der Waals surface area contributed by atoms with Gasteiger partial charge in [-0.1, -0.05) is 24.6 Å². The molecule has 8 heteroatoms. The number of aromatic nitrogens is 1.